The maximum Gasteiger partial charge on any atom is 0.170 e. The molecule has 18 heavy (non-hydrogen) atoms. The van der Waals surface area contributed by atoms with Crippen LogP contribution in [0.15, 0.2) is 18.2 Å². The van der Waals surface area contributed by atoms with Crippen LogP contribution >= 0.6 is 12.2 Å². The topological polar surface area (TPSA) is 33.3 Å². The van der Waals surface area contributed by atoms with Gasteiger partial charge in [-0.2, -0.15) is 0 Å². The van der Waals surface area contributed by atoms with Crippen molar-refractivity contribution in [1.82, 2.24) is 5.32 Å². The van der Waals surface area contributed by atoms with Gasteiger partial charge in [0.15, 0.2) is 5.11 Å². The van der Waals surface area contributed by atoms with Gasteiger partial charge in [0.2, 0.25) is 0 Å². The molecule has 1 aromatic rings. The van der Waals surface area contributed by atoms with E-state index in [1.165, 1.54) is 12.1 Å². The Labute approximate surface area is 112 Å². The molecule has 2 rings (SSSR count). The average Bonchev–Trinajstić information content (AvgIpc) is 2.83. The summed E-state index contributed by atoms with van der Waals surface area (Å²) in [6.45, 7) is 3.39. The number of aryl methyl sites for hydroxylation is 1. The molecule has 1 aliphatic heterocycles. The van der Waals surface area contributed by atoms with Gasteiger partial charge < -0.3 is 15.4 Å². The van der Waals surface area contributed by atoms with Crippen LogP contribution in [0.5, 0.6) is 0 Å². The van der Waals surface area contributed by atoms with Crippen LogP contribution in [-0.2, 0) is 4.74 Å². The van der Waals surface area contributed by atoms with Gasteiger partial charge in [0.25, 0.3) is 0 Å². The van der Waals surface area contributed by atoms with Gasteiger partial charge in [0.05, 0.1) is 6.10 Å². The molecule has 1 aromatic carbocycles. The monoisotopic (exact) mass is 268 g/mol. The zero-order valence-corrected chi connectivity index (χ0v) is 11.1. The van der Waals surface area contributed by atoms with Crippen LogP contribution in [-0.4, -0.2) is 24.4 Å². The maximum absolute atomic E-state index is 12.9. The van der Waals surface area contributed by atoms with Crippen molar-refractivity contribution in [2.24, 2.45) is 0 Å². The molecule has 1 fully saturated rings. The second-order valence-corrected chi connectivity index (χ2v) is 4.84. The van der Waals surface area contributed by atoms with Crippen LogP contribution in [0.2, 0.25) is 0 Å². The molecule has 5 heteroatoms. The number of halogens is 1. The van der Waals surface area contributed by atoms with Crippen LogP contribution in [0.1, 0.15) is 18.4 Å². The van der Waals surface area contributed by atoms with E-state index in [4.69, 9.17) is 17.0 Å². The minimum Gasteiger partial charge on any atom is -0.376 e. The lowest BCUT2D eigenvalue weighted by Gasteiger charge is -2.15. The van der Waals surface area contributed by atoms with Crippen molar-refractivity contribution in [2.75, 3.05) is 18.5 Å². The number of benzene rings is 1. The van der Waals surface area contributed by atoms with Gasteiger partial charge in [-0.15, -0.1) is 0 Å². The second kappa shape index (κ2) is 6.11. The molecular formula is C13H17FN2OS. The van der Waals surface area contributed by atoms with Gasteiger partial charge in [-0.05, 0) is 55.7 Å². The van der Waals surface area contributed by atoms with Crippen molar-refractivity contribution in [3.8, 4) is 0 Å². The molecule has 1 saturated heterocycles. The summed E-state index contributed by atoms with van der Waals surface area (Å²) in [5.41, 5.74) is 1.65. The first kappa shape index (κ1) is 13.2. The first-order valence-electron chi connectivity index (χ1n) is 6.08. The van der Waals surface area contributed by atoms with Gasteiger partial charge in [0, 0.05) is 18.8 Å². The van der Waals surface area contributed by atoms with Gasteiger partial charge in [-0.25, -0.2) is 4.39 Å². The number of hydrogen-bond donors (Lipinski definition) is 2. The Morgan fingerprint density at radius 2 is 2.39 bits per heavy atom. The van der Waals surface area contributed by atoms with Crippen LogP contribution in [0, 0.1) is 12.7 Å². The first-order valence-corrected chi connectivity index (χ1v) is 6.48. The quantitative estimate of drug-likeness (QED) is 0.826. The van der Waals surface area contributed by atoms with E-state index in [0.29, 0.717) is 11.7 Å². The smallest absolute Gasteiger partial charge is 0.170 e. The van der Waals surface area contributed by atoms with Crippen molar-refractivity contribution >= 4 is 23.0 Å². The highest BCUT2D eigenvalue weighted by molar-refractivity contribution is 7.80. The molecule has 0 spiro atoms. The van der Waals surface area contributed by atoms with E-state index in [2.05, 4.69) is 10.6 Å². The van der Waals surface area contributed by atoms with Crippen molar-refractivity contribution in [1.29, 1.82) is 0 Å². The van der Waals surface area contributed by atoms with E-state index in [1.807, 2.05) is 6.92 Å². The number of ether oxygens (including phenoxy) is 1. The third-order valence-corrected chi connectivity index (χ3v) is 3.20. The first-order chi connectivity index (χ1) is 8.65. The number of anilines is 1. The minimum atomic E-state index is -0.240. The molecule has 3 nitrogen and oxygen atoms in total. The molecule has 0 amide bonds. The Bertz CT molecular complexity index is 433. The molecule has 0 saturated carbocycles. The molecule has 2 N–H and O–H groups in total. The predicted molar refractivity (Wildman–Crippen MR) is 74.3 cm³/mol. The summed E-state index contributed by atoms with van der Waals surface area (Å²) >= 11 is 5.19. The third kappa shape index (κ3) is 3.65. The van der Waals surface area contributed by atoms with Crippen LogP contribution < -0.4 is 10.6 Å². The molecular weight excluding hydrogens is 251 g/mol. The Morgan fingerprint density at radius 3 is 3.06 bits per heavy atom. The van der Waals surface area contributed by atoms with E-state index in [-0.39, 0.29) is 11.9 Å². The molecule has 0 radical (unpaired) electrons. The van der Waals surface area contributed by atoms with Crippen molar-refractivity contribution in [3.05, 3.63) is 29.6 Å². The molecule has 1 aliphatic rings. The lowest BCUT2D eigenvalue weighted by molar-refractivity contribution is 0.114. The number of thiocarbonyl (C=S) groups is 1. The van der Waals surface area contributed by atoms with E-state index < -0.39 is 0 Å². The number of rotatable bonds is 3. The van der Waals surface area contributed by atoms with E-state index in [1.54, 1.807) is 6.07 Å². The molecule has 0 bridgehead atoms. The van der Waals surface area contributed by atoms with E-state index in [0.717, 1.165) is 30.7 Å². The predicted octanol–water partition coefficient (Wildman–Crippen LogP) is 2.60. The fourth-order valence-corrected chi connectivity index (χ4v) is 2.14. The summed E-state index contributed by atoms with van der Waals surface area (Å²) < 4.78 is 18.4. The van der Waals surface area contributed by atoms with Crippen LogP contribution in [0.4, 0.5) is 10.1 Å². The minimum absolute atomic E-state index is 0.240. The lowest BCUT2D eigenvalue weighted by atomic mass is 10.2. The Hall–Kier alpha value is -1.20. The lowest BCUT2D eigenvalue weighted by Crippen LogP contribution is -2.34. The molecule has 0 unspecified atom stereocenters. The molecule has 1 atom stereocenters. The number of hydrogen-bond acceptors (Lipinski definition) is 2. The number of nitrogens with one attached hydrogen (secondary N) is 2. The fourth-order valence-electron chi connectivity index (χ4n) is 1.95. The summed E-state index contributed by atoms with van der Waals surface area (Å²) in [5.74, 6) is -0.240. The molecule has 98 valence electrons. The highest BCUT2D eigenvalue weighted by Gasteiger charge is 2.15. The summed E-state index contributed by atoms with van der Waals surface area (Å²) in [5, 5.41) is 6.72. The van der Waals surface area contributed by atoms with E-state index in [9.17, 15) is 4.39 Å². The fraction of sp³-hybridized carbons (Fsp3) is 0.462. The van der Waals surface area contributed by atoms with Gasteiger partial charge in [-0.3, -0.25) is 0 Å². The highest BCUT2D eigenvalue weighted by atomic mass is 32.1. The van der Waals surface area contributed by atoms with Crippen molar-refractivity contribution in [3.63, 3.8) is 0 Å². The van der Waals surface area contributed by atoms with E-state index >= 15 is 0 Å². The molecule has 0 aromatic heterocycles. The molecule has 1 heterocycles. The van der Waals surface area contributed by atoms with Crippen molar-refractivity contribution < 1.29 is 9.13 Å². The zero-order valence-electron chi connectivity index (χ0n) is 10.3. The average molecular weight is 268 g/mol. The standard InChI is InChI=1S/C13H17FN2OS/c1-9-7-10(14)4-5-12(9)16-13(18)15-8-11-3-2-6-17-11/h4-5,7,11H,2-3,6,8H2,1H3,(H2,15,16,18)/t11-/m0/s1. The summed E-state index contributed by atoms with van der Waals surface area (Å²) in [6.07, 6.45) is 2.44. The summed E-state index contributed by atoms with van der Waals surface area (Å²) in [4.78, 5) is 0. The van der Waals surface area contributed by atoms with Crippen LogP contribution in [0.3, 0.4) is 0 Å². The second-order valence-electron chi connectivity index (χ2n) is 4.43. The summed E-state index contributed by atoms with van der Waals surface area (Å²) in [7, 11) is 0. The largest absolute Gasteiger partial charge is 0.376 e. The normalized spacial score (nSPS) is 18.7. The SMILES string of the molecule is Cc1cc(F)ccc1NC(=S)NC[C@@H]1CCCO1. The highest BCUT2D eigenvalue weighted by Crippen LogP contribution is 2.15. The molecule has 0 aliphatic carbocycles. The Morgan fingerprint density at radius 1 is 1.56 bits per heavy atom. The van der Waals surface area contributed by atoms with Gasteiger partial charge in [0.1, 0.15) is 5.82 Å². The Kier molecular flexibility index (Phi) is 4.49. The van der Waals surface area contributed by atoms with Crippen molar-refractivity contribution in [2.45, 2.75) is 25.9 Å². The zero-order chi connectivity index (χ0) is 13.0. The summed E-state index contributed by atoms with van der Waals surface area (Å²) in [6, 6.07) is 4.58. The van der Waals surface area contributed by atoms with Gasteiger partial charge >= 0.3 is 0 Å². The van der Waals surface area contributed by atoms with Crippen LogP contribution in [0.25, 0.3) is 0 Å². The van der Waals surface area contributed by atoms with Gasteiger partial charge in [-0.1, -0.05) is 0 Å². The Balaban J connectivity index is 1.82. The third-order valence-electron chi connectivity index (χ3n) is 2.95. The maximum atomic E-state index is 12.9.